The van der Waals surface area contributed by atoms with Crippen molar-refractivity contribution in [2.24, 2.45) is 5.73 Å². The van der Waals surface area contributed by atoms with Crippen LogP contribution in [0.15, 0.2) is 70.5 Å². The highest BCUT2D eigenvalue weighted by atomic mass is 19.1. The van der Waals surface area contributed by atoms with Crippen LogP contribution in [0.25, 0.3) is 0 Å². The Morgan fingerprint density at radius 3 is 2.59 bits per heavy atom. The summed E-state index contributed by atoms with van der Waals surface area (Å²) in [4.78, 5) is 12.3. The molecule has 0 fully saturated rings. The highest BCUT2D eigenvalue weighted by Gasteiger charge is 2.33. The van der Waals surface area contributed by atoms with Crippen molar-refractivity contribution in [3.05, 3.63) is 94.5 Å². The number of nitriles is 1. The number of nitrogens with zero attached hydrogens (tertiary/aromatic N) is 1. The maximum atomic E-state index is 13.0. The summed E-state index contributed by atoms with van der Waals surface area (Å²) in [7, 11) is 0. The molecule has 0 saturated heterocycles. The SMILES string of the molecule is Cc1ccc(C2C(C#N)=C(N)Oc3cc(OC(=O)c4ccc(F)cc4)ccc32)o1. The van der Waals surface area contributed by atoms with E-state index in [2.05, 4.69) is 6.07 Å². The molecule has 0 aliphatic carbocycles. The van der Waals surface area contributed by atoms with Crippen LogP contribution in [-0.4, -0.2) is 5.97 Å². The van der Waals surface area contributed by atoms with E-state index in [4.69, 9.17) is 19.6 Å². The van der Waals surface area contributed by atoms with Gasteiger partial charge in [0.1, 0.15) is 40.5 Å². The van der Waals surface area contributed by atoms with Gasteiger partial charge in [-0.15, -0.1) is 0 Å². The van der Waals surface area contributed by atoms with Crippen molar-refractivity contribution < 1.29 is 23.1 Å². The van der Waals surface area contributed by atoms with Gasteiger partial charge in [-0.05, 0) is 49.4 Å². The molecular formula is C22H15FN2O4. The second kappa shape index (κ2) is 7.17. The summed E-state index contributed by atoms with van der Waals surface area (Å²) in [6, 6.07) is 15.5. The van der Waals surface area contributed by atoms with Gasteiger partial charge in [0.2, 0.25) is 5.88 Å². The molecule has 6 nitrogen and oxygen atoms in total. The van der Waals surface area contributed by atoms with Crippen LogP contribution in [-0.2, 0) is 0 Å². The van der Waals surface area contributed by atoms with E-state index in [1.165, 1.54) is 30.3 Å². The molecule has 0 radical (unpaired) electrons. The summed E-state index contributed by atoms with van der Waals surface area (Å²) in [5, 5.41) is 9.54. The molecule has 2 N–H and O–H groups in total. The molecule has 4 rings (SSSR count). The van der Waals surface area contributed by atoms with Crippen LogP contribution in [0, 0.1) is 24.1 Å². The van der Waals surface area contributed by atoms with E-state index < -0.39 is 17.7 Å². The van der Waals surface area contributed by atoms with Crippen molar-refractivity contribution in [2.45, 2.75) is 12.8 Å². The third-order valence-electron chi connectivity index (χ3n) is 4.53. The van der Waals surface area contributed by atoms with Gasteiger partial charge in [-0.1, -0.05) is 6.07 Å². The van der Waals surface area contributed by atoms with Gasteiger partial charge in [0.05, 0.1) is 11.5 Å². The lowest BCUT2D eigenvalue weighted by molar-refractivity contribution is 0.0734. The minimum atomic E-state index is -0.639. The maximum Gasteiger partial charge on any atom is 0.343 e. The Labute approximate surface area is 165 Å². The minimum absolute atomic E-state index is 0.0407. The smallest absolute Gasteiger partial charge is 0.343 e. The predicted molar refractivity (Wildman–Crippen MR) is 101 cm³/mol. The summed E-state index contributed by atoms with van der Waals surface area (Å²) >= 11 is 0. The zero-order chi connectivity index (χ0) is 20.5. The number of carbonyl (C=O) groups is 1. The van der Waals surface area contributed by atoms with Crippen molar-refractivity contribution in [3.8, 4) is 17.6 Å². The standard InChI is InChI=1S/C22H15FN2O4/c1-12-2-9-18(27-12)20-16-8-7-15(10-19(16)29-21(25)17(20)11-24)28-22(26)13-3-5-14(23)6-4-13/h2-10,20H,25H2,1H3. The number of aryl methyl sites for hydroxylation is 1. The molecule has 2 aromatic carbocycles. The lowest BCUT2D eigenvalue weighted by Crippen LogP contribution is -2.21. The van der Waals surface area contributed by atoms with E-state index >= 15 is 0 Å². The summed E-state index contributed by atoms with van der Waals surface area (Å²) in [6.45, 7) is 1.81. The van der Waals surface area contributed by atoms with Crippen LogP contribution in [0.2, 0.25) is 0 Å². The molecule has 144 valence electrons. The molecule has 1 aliphatic heterocycles. The van der Waals surface area contributed by atoms with Gasteiger partial charge < -0.3 is 19.6 Å². The fraction of sp³-hybridized carbons (Fsp3) is 0.0909. The predicted octanol–water partition coefficient (Wildman–Crippen LogP) is 4.16. The molecule has 0 amide bonds. The van der Waals surface area contributed by atoms with Crippen molar-refractivity contribution in [3.63, 3.8) is 0 Å². The lowest BCUT2D eigenvalue weighted by Gasteiger charge is -2.25. The molecule has 0 saturated carbocycles. The second-order valence-corrected chi connectivity index (χ2v) is 6.47. The zero-order valence-electron chi connectivity index (χ0n) is 15.3. The lowest BCUT2D eigenvalue weighted by atomic mass is 9.87. The third-order valence-corrected chi connectivity index (χ3v) is 4.53. The summed E-state index contributed by atoms with van der Waals surface area (Å²) in [5.41, 5.74) is 7.05. The number of benzene rings is 2. The number of hydrogen-bond donors (Lipinski definition) is 1. The molecular weight excluding hydrogens is 375 g/mol. The van der Waals surface area contributed by atoms with Crippen LogP contribution in [0.5, 0.6) is 11.5 Å². The van der Waals surface area contributed by atoms with Gasteiger partial charge >= 0.3 is 5.97 Å². The molecule has 0 bridgehead atoms. The van der Waals surface area contributed by atoms with E-state index in [0.717, 1.165) is 0 Å². The molecule has 1 aliphatic rings. The zero-order valence-corrected chi connectivity index (χ0v) is 15.3. The highest BCUT2D eigenvalue weighted by Crippen LogP contribution is 2.43. The average Bonchev–Trinajstić information content (AvgIpc) is 3.13. The topological polar surface area (TPSA) is 98.5 Å². The molecule has 3 aromatic rings. The van der Waals surface area contributed by atoms with Crippen molar-refractivity contribution >= 4 is 5.97 Å². The Balaban J connectivity index is 1.67. The summed E-state index contributed by atoms with van der Waals surface area (Å²) in [6.07, 6.45) is 0. The van der Waals surface area contributed by atoms with E-state index in [-0.39, 0.29) is 22.8 Å². The van der Waals surface area contributed by atoms with Crippen molar-refractivity contribution in [2.75, 3.05) is 0 Å². The third kappa shape index (κ3) is 3.44. The normalized spacial score (nSPS) is 15.3. The molecule has 1 atom stereocenters. The molecule has 1 aromatic heterocycles. The van der Waals surface area contributed by atoms with Crippen LogP contribution in [0.4, 0.5) is 4.39 Å². The number of esters is 1. The highest BCUT2D eigenvalue weighted by molar-refractivity contribution is 5.91. The average molecular weight is 390 g/mol. The van der Waals surface area contributed by atoms with E-state index in [0.29, 0.717) is 22.8 Å². The number of hydrogen-bond acceptors (Lipinski definition) is 6. The van der Waals surface area contributed by atoms with Crippen LogP contribution in [0.3, 0.4) is 0 Å². The first-order valence-corrected chi connectivity index (χ1v) is 8.72. The van der Waals surface area contributed by atoms with Gasteiger partial charge in [-0.2, -0.15) is 5.26 Å². The monoisotopic (exact) mass is 390 g/mol. The van der Waals surface area contributed by atoms with Gasteiger partial charge in [0.25, 0.3) is 0 Å². The molecule has 29 heavy (non-hydrogen) atoms. The summed E-state index contributed by atoms with van der Waals surface area (Å²) < 4.78 is 29.7. The van der Waals surface area contributed by atoms with Crippen molar-refractivity contribution in [1.29, 1.82) is 5.26 Å². The quantitative estimate of drug-likeness (QED) is 0.532. The second-order valence-electron chi connectivity index (χ2n) is 6.47. The fourth-order valence-corrected chi connectivity index (χ4v) is 3.15. The number of rotatable bonds is 3. The number of ether oxygens (including phenoxy) is 2. The van der Waals surface area contributed by atoms with E-state index in [1.54, 1.807) is 31.2 Å². The van der Waals surface area contributed by atoms with E-state index in [9.17, 15) is 14.4 Å². The Bertz CT molecular complexity index is 1170. The largest absolute Gasteiger partial charge is 0.465 e. The first kappa shape index (κ1) is 18.3. The Hall–Kier alpha value is -4.05. The molecule has 7 heteroatoms. The first-order chi connectivity index (χ1) is 14.0. The van der Waals surface area contributed by atoms with Crippen LogP contribution >= 0.6 is 0 Å². The first-order valence-electron chi connectivity index (χ1n) is 8.72. The number of nitrogens with two attached hydrogens (primary N) is 1. The van der Waals surface area contributed by atoms with Crippen LogP contribution < -0.4 is 15.2 Å². The Morgan fingerprint density at radius 1 is 1.17 bits per heavy atom. The Kier molecular flexibility index (Phi) is 4.53. The van der Waals surface area contributed by atoms with Crippen molar-refractivity contribution in [1.82, 2.24) is 0 Å². The van der Waals surface area contributed by atoms with Gasteiger partial charge in [0.15, 0.2) is 0 Å². The molecule has 2 heterocycles. The van der Waals surface area contributed by atoms with E-state index in [1.807, 2.05) is 0 Å². The van der Waals surface area contributed by atoms with Gasteiger partial charge in [-0.25, -0.2) is 9.18 Å². The van der Waals surface area contributed by atoms with Gasteiger partial charge in [-0.3, -0.25) is 0 Å². The van der Waals surface area contributed by atoms with Crippen LogP contribution in [0.1, 0.15) is 33.4 Å². The maximum absolute atomic E-state index is 13.0. The number of fused-ring (bicyclic) bond motifs is 1. The fourth-order valence-electron chi connectivity index (χ4n) is 3.15. The number of furan rings is 1. The number of allylic oxidation sites excluding steroid dienone is 1. The molecule has 0 spiro atoms. The summed E-state index contributed by atoms with van der Waals surface area (Å²) in [5.74, 6) is 0.182. The molecule has 1 unspecified atom stereocenters. The Morgan fingerprint density at radius 2 is 1.93 bits per heavy atom. The minimum Gasteiger partial charge on any atom is -0.465 e. The number of halogens is 1. The number of carbonyl (C=O) groups excluding carboxylic acids is 1. The van der Waals surface area contributed by atoms with Gasteiger partial charge in [0, 0.05) is 11.6 Å².